The zero-order chi connectivity index (χ0) is 22.1. The molecule has 1 aromatic rings. The Labute approximate surface area is 172 Å². The molecule has 0 spiro atoms. The molecule has 160 valence electrons. The highest BCUT2D eigenvalue weighted by atomic mass is 16.6. The predicted molar refractivity (Wildman–Crippen MR) is 106 cm³/mol. The maximum absolute atomic E-state index is 12.6. The number of nitrogens with zero attached hydrogens (tertiary/aromatic N) is 5. The Morgan fingerprint density at radius 2 is 2.23 bits per heavy atom. The van der Waals surface area contributed by atoms with Crippen LogP contribution in [0.2, 0.25) is 0 Å². The number of hydrogen-bond donors (Lipinski definition) is 2. The van der Waals surface area contributed by atoms with E-state index < -0.39 is 17.8 Å². The topological polar surface area (TPSA) is 160 Å². The van der Waals surface area contributed by atoms with Crippen molar-refractivity contribution in [3.05, 3.63) is 32.7 Å². The monoisotopic (exact) mass is 417 g/mol. The van der Waals surface area contributed by atoms with Crippen LogP contribution in [-0.4, -0.2) is 46.8 Å². The van der Waals surface area contributed by atoms with Gasteiger partial charge in [-0.1, -0.05) is 23.9 Å². The highest BCUT2D eigenvalue weighted by Gasteiger charge is 2.36. The maximum Gasteiger partial charge on any atom is 0.351 e. The summed E-state index contributed by atoms with van der Waals surface area (Å²) in [5, 5.41) is 8.38. The fourth-order valence-electron chi connectivity index (χ4n) is 2.90. The summed E-state index contributed by atoms with van der Waals surface area (Å²) in [6.07, 6.45) is 1.12. The van der Waals surface area contributed by atoms with Gasteiger partial charge in [-0.25, -0.2) is 4.79 Å². The van der Waals surface area contributed by atoms with Gasteiger partial charge in [0.1, 0.15) is 13.0 Å². The van der Waals surface area contributed by atoms with Crippen molar-refractivity contribution in [2.24, 2.45) is 5.11 Å². The van der Waals surface area contributed by atoms with E-state index in [2.05, 4.69) is 37.5 Å². The molecule has 0 bridgehead atoms. The summed E-state index contributed by atoms with van der Waals surface area (Å²) in [5.74, 6) is 4.94. The van der Waals surface area contributed by atoms with Gasteiger partial charge in [-0.05, 0) is 12.0 Å². The van der Waals surface area contributed by atoms with Gasteiger partial charge >= 0.3 is 5.69 Å². The van der Waals surface area contributed by atoms with Crippen LogP contribution in [0.5, 0.6) is 0 Å². The molecule has 1 saturated heterocycles. The van der Waals surface area contributed by atoms with Crippen molar-refractivity contribution in [1.29, 1.82) is 0 Å². The van der Waals surface area contributed by atoms with E-state index in [4.69, 9.17) is 15.0 Å². The van der Waals surface area contributed by atoms with E-state index in [1.807, 2.05) is 6.92 Å². The van der Waals surface area contributed by atoms with E-state index in [0.29, 0.717) is 18.4 Å². The van der Waals surface area contributed by atoms with Crippen molar-refractivity contribution in [1.82, 2.24) is 14.9 Å². The summed E-state index contributed by atoms with van der Waals surface area (Å²) in [6.45, 7) is 4.54. The molecule has 12 nitrogen and oxygen atoms in total. The number of rotatable bonds is 7. The molecule has 0 saturated carbocycles. The van der Waals surface area contributed by atoms with Crippen LogP contribution in [0, 0.1) is 11.8 Å². The number of carbonyl (C=O) groups is 2. The number of amides is 2. The van der Waals surface area contributed by atoms with Gasteiger partial charge in [-0.15, -0.1) is 0 Å². The number of nitrogens with one attached hydrogen (secondary N) is 2. The highest BCUT2D eigenvalue weighted by Crippen LogP contribution is 2.32. The number of anilines is 1. The van der Waals surface area contributed by atoms with E-state index in [-0.39, 0.29) is 37.2 Å². The van der Waals surface area contributed by atoms with Crippen molar-refractivity contribution in [3.63, 3.8) is 0 Å². The highest BCUT2D eigenvalue weighted by molar-refractivity contribution is 5.88. The average Bonchev–Trinajstić information content (AvgIpc) is 3.09. The van der Waals surface area contributed by atoms with Gasteiger partial charge < -0.3 is 20.1 Å². The van der Waals surface area contributed by atoms with Gasteiger partial charge in [0.15, 0.2) is 5.82 Å². The average molecular weight is 417 g/mol. The fourth-order valence-corrected chi connectivity index (χ4v) is 2.90. The van der Waals surface area contributed by atoms with Crippen LogP contribution in [0.1, 0.15) is 45.4 Å². The van der Waals surface area contributed by atoms with Gasteiger partial charge in [0.2, 0.25) is 11.8 Å². The van der Waals surface area contributed by atoms with Crippen molar-refractivity contribution in [2.75, 3.05) is 18.6 Å². The lowest BCUT2D eigenvalue weighted by Crippen LogP contribution is -2.29. The molecule has 2 N–H and O–H groups in total. The molecule has 0 aliphatic carbocycles. The molecule has 2 heterocycles. The predicted octanol–water partition coefficient (Wildman–Crippen LogP) is 1.04. The first-order valence-electron chi connectivity index (χ1n) is 9.27. The lowest BCUT2D eigenvalue weighted by Gasteiger charge is -2.16. The Morgan fingerprint density at radius 1 is 1.47 bits per heavy atom. The van der Waals surface area contributed by atoms with Gasteiger partial charge in [-0.2, -0.15) is 4.98 Å². The first-order chi connectivity index (χ1) is 14.3. The summed E-state index contributed by atoms with van der Waals surface area (Å²) in [6, 6.07) is 0. The Balaban J connectivity index is 2.31. The molecule has 12 heteroatoms. The molecule has 3 unspecified atom stereocenters. The van der Waals surface area contributed by atoms with Crippen LogP contribution in [-0.2, 0) is 19.1 Å². The maximum atomic E-state index is 12.6. The van der Waals surface area contributed by atoms with Crippen LogP contribution in [0.3, 0.4) is 0 Å². The summed E-state index contributed by atoms with van der Waals surface area (Å²) in [7, 11) is 0. The van der Waals surface area contributed by atoms with Gasteiger partial charge in [0.25, 0.3) is 0 Å². The Hall–Kier alpha value is -3.39. The molecule has 3 atom stereocenters. The minimum Gasteiger partial charge on any atom is -0.369 e. The smallest absolute Gasteiger partial charge is 0.351 e. The molecular weight excluding hydrogens is 394 g/mol. The van der Waals surface area contributed by atoms with Crippen molar-refractivity contribution in [2.45, 2.75) is 52.0 Å². The third-order valence-corrected chi connectivity index (χ3v) is 4.20. The van der Waals surface area contributed by atoms with E-state index in [0.717, 1.165) is 0 Å². The summed E-state index contributed by atoms with van der Waals surface area (Å²) in [5.41, 5.74) is 8.07. The molecule has 2 amide bonds. The fraction of sp³-hybridized carbons (Fsp3) is 0.556. The van der Waals surface area contributed by atoms with Crippen LogP contribution in [0.4, 0.5) is 5.82 Å². The third kappa shape index (κ3) is 6.31. The number of ether oxygens (including phenoxy) is 2. The quantitative estimate of drug-likeness (QED) is 0.292. The third-order valence-electron chi connectivity index (χ3n) is 4.20. The molecule has 30 heavy (non-hydrogen) atoms. The summed E-state index contributed by atoms with van der Waals surface area (Å²) < 4.78 is 12.8. The SMILES string of the molecule is CCC1OC(n2cc(C#CCNC(C)=O)c(NC(C)=O)nc2=O)CC1OCN=[N+]=[N-]. The molecule has 1 aliphatic rings. The van der Waals surface area contributed by atoms with Crippen LogP contribution >= 0.6 is 0 Å². The second-order valence-corrected chi connectivity index (χ2v) is 6.42. The molecule has 1 aliphatic heterocycles. The molecule has 0 aromatic carbocycles. The summed E-state index contributed by atoms with van der Waals surface area (Å²) >= 11 is 0. The molecule has 2 rings (SSSR count). The Kier molecular flexibility index (Phi) is 8.37. The van der Waals surface area contributed by atoms with E-state index in [1.165, 1.54) is 24.6 Å². The normalized spacial score (nSPS) is 19.9. The molecule has 1 fully saturated rings. The lowest BCUT2D eigenvalue weighted by molar-refractivity contribution is -0.118. The van der Waals surface area contributed by atoms with Crippen molar-refractivity contribution < 1.29 is 19.1 Å². The van der Waals surface area contributed by atoms with E-state index in [1.54, 1.807) is 0 Å². The van der Waals surface area contributed by atoms with Gasteiger partial charge in [0.05, 0.1) is 24.3 Å². The van der Waals surface area contributed by atoms with Crippen molar-refractivity contribution in [3.8, 4) is 11.8 Å². The standard InChI is InChI=1S/C18H23N7O5/c1-4-14-15(29-10-21-24-19)8-16(30-14)25-9-13(6-5-7-20-11(2)26)17(22-12(3)27)23-18(25)28/h9,14-16H,4,7-8,10H2,1-3H3,(H,20,26)(H,22,23,27,28). The number of hydrogen-bond acceptors (Lipinski definition) is 7. The van der Waals surface area contributed by atoms with Crippen LogP contribution in [0.15, 0.2) is 16.1 Å². The zero-order valence-corrected chi connectivity index (χ0v) is 16.9. The number of carbonyl (C=O) groups excluding carboxylic acids is 2. The molecule has 0 radical (unpaired) electrons. The second kappa shape index (κ2) is 11.0. The van der Waals surface area contributed by atoms with E-state index in [9.17, 15) is 14.4 Å². The van der Waals surface area contributed by atoms with Crippen LogP contribution in [0.25, 0.3) is 10.4 Å². The summed E-state index contributed by atoms with van der Waals surface area (Å²) in [4.78, 5) is 41.5. The van der Waals surface area contributed by atoms with Crippen molar-refractivity contribution >= 4 is 17.6 Å². The first kappa shape index (κ1) is 22.9. The van der Waals surface area contributed by atoms with E-state index >= 15 is 0 Å². The molecular formula is C18H23N7O5. The first-order valence-corrected chi connectivity index (χ1v) is 9.27. The minimum atomic E-state index is -0.659. The second-order valence-electron chi connectivity index (χ2n) is 6.42. The Morgan fingerprint density at radius 3 is 2.87 bits per heavy atom. The Bertz CT molecular complexity index is 958. The van der Waals surface area contributed by atoms with Gasteiger partial charge in [0, 0.05) is 31.4 Å². The van der Waals surface area contributed by atoms with Gasteiger partial charge in [-0.3, -0.25) is 14.2 Å². The number of azide groups is 1. The lowest BCUT2D eigenvalue weighted by atomic mass is 10.1. The van der Waals surface area contributed by atoms with Crippen LogP contribution < -0.4 is 16.3 Å². The largest absolute Gasteiger partial charge is 0.369 e. The number of aromatic nitrogens is 2. The molecule has 1 aromatic heterocycles. The zero-order valence-electron chi connectivity index (χ0n) is 16.9. The minimum absolute atomic E-state index is 0.0280.